The van der Waals surface area contributed by atoms with Crippen molar-refractivity contribution >= 4 is 40.2 Å². The first-order valence-corrected chi connectivity index (χ1v) is 13.3. The predicted molar refractivity (Wildman–Crippen MR) is 137 cm³/mol. The Morgan fingerprint density at radius 3 is 2.47 bits per heavy atom. The van der Waals surface area contributed by atoms with E-state index in [9.17, 15) is 22.8 Å². The fourth-order valence-electron chi connectivity index (χ4n) is 5.50. The van der Waals surface area contributed by atoms with Crippen LogP contribution in [0.2, 0.25) is 0 Å². The van der Waals surface area contributed by atoms with Gasteiger partial charge in [-0.2, -0.15) is 13.2 Å². The van der Waals surface area contributed by atoms with Gasteiger partial charge in [0.05, 0.1) is 0 Å². The molecule has 8 nitrogen and oxygen atoms in total. The minimum atomic E-state index is -4.50. The Hall–Kier alpha value is -3.51. The van der Waals surface area contributed by atoms with Crippen molar-refractivity contribution in [2.45, 2.75) is 25.1 Å². The van der Waals surface area contributed by atoms with Crippen LogP contribution >= 0.6 is 11.3 Å². The zero-order chi connectivity index (χ0) is 26.4. The molecule has 2 saturated heterocycles. The molecule has 0 radical (unpaired) electrons. The van der Waals surface area contributed by atoms with Gasteiger partial charge in [-0.05, 0) is 42.3 Å². The molecule has 1 aromatic carbocycles. The molecule has 0 saturated carbocycles. The lowest BCUT2D eigenvalue weighted by Crippen LogP contribution is -2.52. The molecule has 38 heavy (non-hydrogen) atoms. The molecule has 0 N–H and O–H groups in total. The standard InChI is InChI=1S/C26H25F3N6O2S/c27-26(28,29)22-14-19(3-5-30-22)34-7-4-17-13-18(1-2-21(17)34)35-16-20(15-23(35)36)32-8-10-33(11-9-32)25(37)24-31-6-12-38-24/h1-3,5-6,12-14,20H,4,7-11,15-16H2. The zero-order valence-electron chi connectivity index (χ0n) is 20.4. The third-order valence-electron chi connectivity index (χ3n) is 7.45. The highest BCUT2D eigenvalue weighted by molar-refractivity contribution is 7.11. The summed E-state index contributed by atoms with van der Waals surface area (Å²) >= 11 is 1.34. The molecule has 6 rings (SSSR count). The van der Waals surface area contributed by atoms with Gasteiger partial charge in [-0.25, -0.2) is 4.98 Å². The van der Waals surface area contributed by atoms with Gasteiger partial charge in [0.2, 0.25) is 5.91 Å². The average Bonchev–Trinajstić information content (AvgIpc) is 3.68. The molecule has 2 amide bonds. The monoisotopic (exact) mass is 542 g/mol. The van der Waals surface area contributed by atoms with Crippen LogP contribution in [0.25, 0.3) is 0 Å². The van der Waals surface area contributed by atoms with E-state index in [0.717, 1.165) is 23.0 Å². The van der Waals surface area contributed by atoms with E-state index >= 15 is 0 Å². The van der Waals surface area contributed by atoms with Crippen molar-refractivity contribution in [2.24, 2.45) is 0 Å². The van der Waals surface area contributed by atoms with Crippen molar-refractivity contribution < 1.29 is 22.8 Å². The maximum Gasteiger partial charge on any atom is 0.433 e. The number of rotatable bonds is 4. The van der Waals surface area contributed by atoms with E-state index in [4.69, 9.17) is 0 Å². The van der Waals surface area contributed by atoms with E-state index in [0.29, 0.717) is 62.8 Å². The molecular weight excluding hydrogens is 517 g/mol. The van der Waals surface area contributed by atoms with E-state index in [1.807, 2.05) is 28.0 Å². The number of alkyl halides is 3. The largest absolute Gasteiger partial charge is 0.433 e. The van der Waals surface area contributed by atoms with Crippen LogP contribution in [0.15, 0.2) is 48.1 Å². The number of thiazole rings is 1. The highest BCUT2D eigenvalue weighted by atomic mass is 32.1. The maximum absolute atomic E-state index is 13.2. The number of halogens is 3. The van der Waals surface area contributed by atoms with Gasteiger partial charge in [0.1, 0.15) is 5.69 Å². The fraction of sp³-hybridized carbons (Fsp3) is 0.385. The molecule has 3 aliphatic rings. The van der Waals surface area contributed by atoms with Gasteiger partial charge in [0.25, 0.3) is 5.91 Å². The Kier molecular flexibility index (Phi) is 6.31. The molecule has 198 valence electrons. The number of nitrogens with zero attached hydrogens (tertiary/aromatic N) is 6. The van der Waals surface area contributed by atoms with Crippen molar-refractivity contribution in [3.8, 4) is 0 Å². The van der Waals surface area contributed by atoms with Crippen molar-refractivity contribution in [1.29, 1.82) is 0 Å². The summed E-state index contributed by atoms with van der Waals surface area (Å²) in [4.78, 5) is 40.9. The Labute approximate surface area is 221 Å². The second-order valence-corrected chi connectivity index (χ2v) is 10.5. The Balaban J connectivity index is 1.12. The van der Waals surface area contributed by atoms with Gasteiger partial charge in [0, 0.05) is 86.6 Å². The molecule has 2 fully saturated rings. The molecule has 1 atom stereocenters. The summed E-state index contributed by atoms with van der Waals surface area (Å²) in [5, 5.41) is 2.29. The van der Waals surface area contributed by atoms with Crippen molar-refractivity contribution in [3.63, 3.8) is 0 Å². The van der Waals surface area contributed by atoms with Crippen LogP contribution in [-0.4, -0.2) is 76.9 Å². The van der Waals surface area contributed by atoms with Gasteiger partial charge < -0.3 is 14.7 Å². The Morgan fingerprint density at radius 1 is 0.947 bits per heavy atom. The van der Waals surface area contributed by atoms with Crippen LogP contribution < -0.4 is 9.80 Å². The summed E-state index contributed by atoms with van der Waals surface area (Å²) in [6, 6.07) is 8.45. The van der Waals surface area contributed by atoms with Crippen LogP contribution in [0.3, 0.4) is 0 Å². The average molecular weight is 543 g/mol. The molecular formula is C26H25F3N6O2S. The number of pyridine rings is 1. The van der Waals surface area contributed by atoms with Crippen LogP contribution in [0.5, 0.6) is 0 Å². The van der Waals surface area contributed by atoms with E-state index < -0.39 is 11.9 Å². The summed E-state index contributed by atoms with van der Waals surface area (Å²) in [5.41, 5.74) is 2.18. The maximum atomic E-state index is 13.2. The van der Waals surface area contributed by atoms with Crippen LogP contribution in [0.4, 0.5) is 30.2 Å². The lowest BCUT2D eigenvalue weighted by Gasteiger charge is -2.37. The normalized spacial score (nSPS) is 20.3. The number of carbonyl (C=O) groups is 2. The number of hydrogen-bond donors (Lipinski definition) is 0. The van der Waals surface area contributed by atoms with Crippen LogP contribution in [0.1, 0.15) is 27.5 Å². The van der Waals surface area contributed by atoms with E-state index in [1.54, 1.807) is 22.5 Å². The lowest BCUT2D eigenvalue weighted by atomic mass is 10.1. The van der Waals surface area contributed by atoms with Crippen molar-refractivity contribution in [1.82, 2.24) is 19.8 Å². The first kappa shape index (κ1) is 24.8. The number of anilines is 3. The minimum absolute atomic E-state index is 0.0441. The number of piperazine rings is 1. The number of fused-ring (bicyclic) bond motifs is 1. The van der Waals surface area contributed by atoms with Crippen LogP contribution in [-0.2, 0) is 17.4 Å². The summed E-state index contributed by atoms with van der Waals surface area (Å²) in [7, 11) is 0. The van der Waals surface area contributed by atoms with Crippen LogP contribution in [0, 0.1) is 0 Å². The van der Waals surface area contributed by atoms with Gasteiger partial charge in [-0.15, -0.1) is 11.3 Å². The smallest absolute Gasteiger partial charge is 0.341 e. The number of amides is 2. The quantitative estimate of drug-likeness (QED) is 0.499. The van der Waals surface area contributed by atoms with E-state index in [-0.39, 0.29) is 17.9 Å². The summed E-state index contributed by atoms with van der Waals surface area (Å²) in [6.45, 7) is 3.73. The van der Waals surface area contributed by atoms with Crippen molar-refractivity contribution in [3.05, 3.63) is 64.4 Å². The second kappa shape index (κ2) is 9.66. The SMILES string of the molecule is O=C(c1nccs1)N1CCN(C2CC(=O)N(c3ccc4c(c3)CCN4c3ccnc(C(F)(F)F)c3)C2)CC1. The molecule has 3 aromatic rings. The molecule has 1 unspecified atom stereocenters. The van der Waals surface area contributed by atoms with Gasteiger partial charge >= 0.3 is 6.18 Å². The molecule has 0 spiro atoms. The number of hydrogen-bond acceptors (Lipinski definition) is 7. The topological polar surface area (TPSA) is 72.9 Å². The van der Waals surface area contributed by atoms with Gasteiger partial charge in [0.15, 0.2) is 5.01 Å². The highest BCUT2D eigenvalue weighted by Crippen LogP contribution is 2.39. The molecule has 0 bridgehead atoms. The molecule has 0 aliphatic carbocycles. The second-order valence-electron chi connectivity index (χ2n) is 9.64. The van der Waals surface area contributed by atoms with Gasteiger partial charge in [-0.3, -0.25) is 19.5 Å². The number of benzene rings is 1. The first-order chi connectivity index (χ1) is 18.3. The lowest BCUT2D eigenvalue weighted by molar-refractivity contribution is -0.141. The minimum Gasteiger partial charge on any atom is -0.341 e. The summed E-state index contributed by atoms with van der Waals surface area (Å²) in [5.74, 6) is 0.00685. The number of carbonyl (C=O) groups excluding carboxylic acids is 2. The van der Waals surface area contributed by atoms with Gasteiger partial charge in [-0.1, -0.05) is 0 Å². The fourth-order valence-corrected chi connectivity index (χ4v) is 6.11. The van der Waals surface area contributed by atoms with E-state index in [2.05, 4.69) is 14.9 Å². The molecule has 5 heterocycles. The zero-order valence-corrected chi connectivity index (χ0v) is 21.2. The third-order valence-corrected chi connectivity index (χ3v) is 8.21. The Bertz CT molecular complexity index is 1360. The first-order valence-electron chi connectivity index (χ1n) is 12.4. The molecule has 12 heteroatoms. The number of aromatic nitrogens is 2. The van der Waals surface area contributed by atoms with E-state index in [1.165, 1.54) is 17.5 Å². The Morgan fingerprint density at radius 2 is 1.74 bits per heavy atom. The summed E-state index contributed by atoms with van der Waals surface area (Å²) < 4.78 is 39.5. The molecule has 2 aromatic heterocycles. The van der Waals surface area contributed by atoms with Crippen molar-refractivity contribution in [2.75, 3.05) is 49.1 Å². The predicted octanol–water partition coefficient (Wildman–Crippen LogP) is 3.81. The third kappa shape index (κ3) is 4.62. The highest BCUT2D eigenvalue weighted by Gasteiger charge is 2.37. The summed E-state index contributed by atoms with van der Waals surface area (Å²) in [6.07, 6.45) is -0.596. The molecule has 3 aliphatic heterocycles.